The van der Waals surface area contributed by atoms with Crippen molar-refractivity contribution in [3.63, 3.8) is 0 Å². The van der Waals surface area contributed by atoms with Gasteiger partial charge in [0.2, 0.25) is 5.91 Å². The summed E-state index contributed by atoms with van der Waals surface area (Å²) in [6, 6.07) is 8.65. The van der Waals surface area contributed by atoms with Crippen molar-refractivity contribution in [3.05, 3.63) is 46.3 Å². The summed E-state index contributed by atoms with van der Waals surface area (Å²) in [6.45, 7) is 6.05. The lowest BCUT2D eigenvalue weighted by Crippen LogP contribution is -2.31. The molecule has 0 atom stereocenters. The molecule has 0 saturated heterocycles. The lowest BCUT2D eigenvalue weighted by Gasteiger charge is -2.09. The number of para-hydroxylation sites is 1. The van der Waals surface area contributed by atoms with Gasteiger partial charge in [-0.05, 0) is 38.0 Å². The Balaban J connectivity index is 1.90. The van der Waals surface area contributed by atoms with Crippen LogP contribution in [0.4, 0.5) is 15.5 Å². The summed E-state index contributed by atoms with van der Waals surface area (Å²) in [5.74, 6) is -0.714. The van der Waals surface area contributed by atoms with E-state index in [0.717, 1.165) is 10.4 Å². The lowest BCUT2D eigenvalue weighted by molar-refractivity contribution is -0.116. The molecule has 2 aromatic rings. The van der Waals surface area contributed by atoms with Gasteiger partial charge in [-0.3, -0.25) is 4.79 Å². The normalized spacial score (nSPS) is 10.2. The van der Waals surface area contributed by atoms with E-state index < -0.39 is 5.97 Å². The number of benzene rings is 1. The Labute approximate surface area is 168 Å². The van der Waals surface area contributed by atoms with Crippen LogP contribution in [0.2, 0.25) is 0 Å². The number of hydrogen-bond acceptors (Lipinski definition) is 5. The zero-order valence-corrected chi connectivity index (χ0v) is 17.1. The zero-order valence-electron chi connectivity index (χ0n) is 16.3. The molecule has 1 aromatic heterocycles. The summed E-state index contributed by atoms with van der Waals surface area (Å²) in [4.78, 5) is 37.4. The molecule has 1 heterocycles. The number of rotatable bonds is 8. The van der Waals surface area contributed by atoms with E-state index in [-0.39, 0.29) is 31.5 Å². The number of thiophene rings is 1. The molecule has 8 heteroatoms. The number of hydrogen-bond donors (Lipinski definition) is 3. The Hall–Kier alpha value is -2.87. The van der Waals surface area contributed by atoms with Gasteiger partial charge in [-0.25, -0.2) is 9.59 Å². The van der Waals surface area contributed by atoms with E-state index in [0.29, 0.717) is 22.7 Å². The van der Waals surface area contributed by atoms with E-state index in [1.165, 1.54) is 11.3 Å². The highest BCUT2D eigenvalue weighted by molar-refractivity contribution is 7.16. The zero-order chi connectivity index (χ0) is 20.5. The minimum Gasteiger partial charge on any atom is -0.462 e. The number of carbonyl (C=O) groups is 3. The van der Waals surface area contributed by atoms with Crippen LogP contribution in [0.5, 0.6) is 0 Å². The second kappa shape index (κ2) is 10.5. The second-order valence-corrected chi connectivity index (χ2v) is 7.18. The van der Waals surface area contributed by atoms with Gasteiger partial charge in [-0.15, -0.1) is 11.3 Å². The molecule has 0 aliphatic rings. The average Bonchev–Trinajstić information content (AvgIpc) is 2.97. The monoisotopic (exact) mass is 403 g/mol. The molecule has 1 aromatic carbocycles. The van der Waals surface area contributed by atoms with Gasteiger partial charge in [-0.1, -0.05) is 25.1 Å². The Bertz CT molecular complexity index is 833. The molecular weight excluding hydrogens is 378 g/mol. The predicted octanol–water partition coefficient (Wildman–Crippen LogP) is 3.95. The van der Waals surface area contributed by atoms with Gasteiger partial charge in [0, 0.05) is 23.5 Å². The van der Waals surface area contributed by atoms with Gasteiger partial charge < -0.3 is 20.7 Å². The van der Waals surface area contributed by atoms with E-state index in [4.69, 9.17) is 4.74 Å². The van der Waals surface area contributed by atoms with Crippen LogP contribution in [0.3, 0.4) is 0 Å². The molecule has 0 saturated carbocycles. The first kappa shape index (κ1) is 21.4. The van der Waals surface area contributed by atoms with Crippen LogP contribution in [-0.4, -0.2) is 31.1 Å². The summed E-state index contributed by atoms with van der Waals surface area (Å²) < 4.78 is 5.13. The van der Waals surface area contributed by atoms with Crippen LogP contribution >= 0.6 is 11.3 Å². The van der Waals surface area contributed by atoms with Crippen molar-refractivity contribution < 1.29 is 19.1 Å². The topological polar surface area (TPSA) is 96.5 Å². The Morgan fingerprint density at radius 2 is 1.79 bits per heavy atom. The van der Waals surface area contributed by atoms with E-state index >= 15 is 0 Å². The molecule has 0 aliphatic heterocycles. The summed E-state index contributed by atoms with van der Waals surface area (Å²) in [5.41, 5.74) is 1.98. The molecule has 0 fully saturated rings. The van der Waals surface area contributed by atoms with Gasteiger partial charge in [0.25, 0.3) is 0 Å². The average molecular weight is 404 g/mol. The standard InChI is InChI=1S/C20H25N3O4S/c1-4-15-13(3)28-18(17(15)19(25)27-5-2)23-16(24)11-12-21-20(26)22-14-9-7-6-8-10-14/h6-10H,4-5,11-12H2,1-3H3,(H,23,24)(H2,21,22,26). The van der Waals surface area contributed by atoms with Gasteiger partial charge in [0.05, 0.1) is 12.2 Å². The maximum absolute atomic E-state index is 12.3. The largest absolute Gasteiger partial charge is 0.462 e. The van der Waals surface area contributed by atoms with Gasteiger partial charge in [0.15, 0.2) is 0 Å². The summed E-state index contributed by atoms with van der Waals surface area (Å²) in [6.07, 6.45) is 0.760. The summed E-state index contributed by atoms with van der Waals surface area (Å²) in [7, 11) is 0. The molecule has 0 bridgehead atoms. The van der Waals surface area contributed by atoms with Crippen molar-refractivity contribution in [2.75, 3.05) is 23.8 Å². The van der Waals surface area contributed by atoms with Gasteiger partial charge in [-0.2, -0.15) is 0 Å². The fraction of sp³-hybridized carbons (Fsp3) is 0.350. The Morgan fingerprint density at radius 1 is 1.07 bits per heavy atom. The van der Waals surface area contributed by atoms with Crippen molar-refractivity contribution in [1.29, 1.82) is 0 Å². The fourth-order valence-electron chi connectivity index (χ4n) is 2.69. The molecule has 0 unspecified atom stereocenters. The Kier molecular flexibility index (Phi) is 8.01. The van der Waals surface area contributed by atoms with Crippen molar-refractivity contribution in [3.8, 4) is 0 Å². The molecule has 3 N–H and O–H groups in total. The van der Waals surface area contributed by atoms with Crippen molar-refractivity contribution in [2.24, 2.45) is 0 Å². The first-order valence-electron chi connectivity index (χ1n) is 9.15. The molecule has 7 nitrogen and oxygen atoms in total. The quantitative estimate of drug-likeness (QED) is 0.582. The van der Waals surface area contributed by atoms with E-state index in [1.807, 2.05) is 32.0 Å². The highest BCUT2D eigenvalue weighted by atomic mass is 32.1. The minimum atomic E-state index is -0.431. The van der Waals surface area contributed by atoms with Crippen LogP contribution < -0.4 is 16.0 Å². The van der Waals surface area contributed by atoms with Crippen LogP contribution in [0, 0.1) is 6.92 Å². The fourth-order valence-corrected chi connectivity index (χ4v) is 3.84. The number of urea groups is 1. The maximum atomic E-state index is 12.3. The van der Waals surface area contributed by atoms with Crippen molar-refractivity contribution in [1.82, 2.24) is 5.32 Å². The number of anilines is 2. The highest BCUT2D eigenvalue weighted by Gasteiger charge is 2.23. The van der Waals surface area contributed by atoms with E-state index in [1.54, 1.807) is 19.1 Å². The maximum Gasteiger partial charge on any atom is 0.341 e. The minimum absolute atomic E-state index is 0.0862. The Morgan fingerprint density at radius 3 is 2.43 bits per heavy atom. The number of carbonyl (C=O) groups excluding carboxylic acids is 3. The SMILES string of the molecule is CCOC(=O)c1c(NC(=O)CCNC(=O)Nc2ccccc2)sc(C)c1CC. The van der Waals surface area contributed by atoms with Gasteiger partial charge in [0.1, 0.15) is 5.00 Å². The van der Waals surface area contributed by atoms with Gasteiger partial charge >= 0.3 is 12.0 Å². The number of nitrogens with one attached hydrogen (secondary N) is 3. The van der Waals surface area contributed by atoms with Crippen molar-refractivity contribution in [2.45, 2.75) is 33.6 Å². The molecule has 28 heavy (non-hydrogen) atoms. The molecule has 0 spiro atoms. The van der Waals surface area contributed by atoms with Crippen molar-refractivity contribution >= 4 is 39.9 Å². The molecule has 3 amide bonds. The molecule has 150 valence electrons. The first-order valence-corrected chi connectivity index (χ1v) is 9.97. The third-order valence-electron chi connectivity index (χ3n) is 3.96. The predicted molar refractivity (Wildman–Crippen MR) is 111 cm³/mol. The third-order valence-corrected chi connectivity index (χ3v) is 5.03. The number of amides is 3. The van der Waals surface area contributed by atoms with Crippen LogP contribution in [0.25, 0.3) is 0 Å². The smallest absolute Gasteiger partial charge is 0.341 e. The number of aryl methyl sites for hydroxylation is 1. The molecule has 0 aliphatic carbocycles. The number of esters is 1. The van der Waals surface area contributed by atoms with Crippen LogP contribution in [0.15, 0.2) is 30.3 Å². The summed E-state index contributed by atoms with van der Waals surface area (Å²) in [5, 5.41) is 8.58. The number of ether oxygens (including phenoxy) is 1. The molecule has 0 radical (unpaired) electrons. The first-order chi connectivity index (χ1) is 13.5. The molecular formula is C20H25N3O4S. The van der Waals surface area contributed by atoms with E-state index in [9.17, 15) is 14.4 Å². The third kappa shape index (κ3) is 5.82. The van der Waals surface area contributed by atoms with Crippen LogP contribution in [-0.2, 0) is 16.0 Å². The van der Waals surface area contributed by atoms with E-state index in [2.05, 4.69) is 16.0 Å². The summed E-state index contributed by atoms with van der Waals surface area (Å²) >= 11 is 1.36. The van der Waals surface area contributed by atoms with Crippen LogP contribution in [0.1, 0.15) is 41.1 Å². The highest BCUT2D eigenvalue weighted by Crippen LogP contribution is 2.34. The lowest BCUT2D eigenvalue weighted by atomic mass is 10.1. The molecule has 2 rings (SSSR count). The second-order valence-electron chi connectivity index (χ2n) is 5.96.